The van der Waals surface area contributed by atoms with E-state index in [0.29, 0.717) is 26.0 Å². The Morgan fingerprint density at radius 1 is 1.14 bits per heavy atom. The van der Waals surface area contributed by atoms with Gasteiger partial charge in [-0.1, -0.05) is 48.0 Å². The van der Waals surface area contributed by atoms with Crippen molar-refractivity contribution in [2.24, 2.45) is 0 Å². The number of nitrogens with one attached hydrogen (secondary N) is 1. The Morgan fingerprint density at radius 2 is 1.95 bits per heavy atom. The first-order chi connectivity index (χ1) is 10.7. The highest BCUT2D eigenvalue weighted by molar-refractivity contribution is 5.76. The van der Waals surface area contributed by atoms with Crippen molar-refractivity contribution in [3.8, 4) is 5.75 Å². The maximum absolute atomic E-state index is 12.0. The van der Waals surface area contributed by atoms with Crippen LogP contribution >= 0.6 is 0 Å². The lowest BCUT2D eigenvalue weighted by Gasteiger charge is -2.10. The fraction of sp³-hybridized carbons (Fsp3) is 0.316. The summed E-state index contributed by atoms with van der Waals surface area (Å²) in [5, 5.41) is 2.97. The molecule has 0 unspecified atom stereocenters. The van der Waals surface area contributed by atoms with Gasteiger partial charge in [0.1, 0.15) is 5.75 Å². The van der Waals surface area contributed by atoms with Gasteiger partial charge in [-0.15, -0.1) is 0 Å². The van der Waals surface area contributed by atoms with Gasteiger partial charge in [0.15, 0.2) is 0 Å². The summed E-state index contributed by atoms with van der Waals surface area (Å²) >= 11 is 0. The van der Waals surface area contributed by atoms with Crippen LogP contribution in [0, 0.1) is 6.92 Å². The molecule has 3 heteroatoms. The van der Waals surface area contributed by atoms with E-state index in [-0.39, 0.29) is 5.91 Å². The summed E-state index contributed by atoms with van der Waals surface area (Å²) in [6, 6.07) is 16.1. The number of aryl methyl sites for hydroxylation is 2. The predicted molar refractivity (Wildman–Crippen MR) is 89.0 cm³/mol. The molecular weight excluding hydrogens is 274 g/mol. The van der Waals surface area contributed by atoms with Crippen molar-refractivity contribution in [2.75, 3.05) is 6.61 Å². The molecule has 3 nitrogen and oxygen atoms in total. The number of hydrogen-bond donors (Lipinski definition) is 1. The van der Waals surface area contributed by atoms with E-state index in [9.17, 15) is 4.79 Å². The molecule has 0 bridgehead atoms. The Labute approximate surface area is 132 Å². The molecule has 0 spiro atoms. The molecule has 0 heterocycles. The Bertz CT molecular complexity index is 622. The third-order valence-electron chi connectivity index (χ3n) is 3.47. The maximum Gasteiger partial charge on any atom is 0.220 e. The topological polar surface area (TPSA) is 38.3 Å². The summed E-state index contributed by atoms with van der Waals surface area (Å²) < 4.78 is 5.58. The van der Waals surface area contributed by atoms with E-state index in [1.807, 2.05) is 43.3 Å². The molecule has 22 heavy (non-hydrogen) atoms. The molecule has 1 amide bonds. The number of rotatable bonds is 7. The highest BCUT2D eigenvalue weighted by Crippen LogP contribution is 2.19. The molecule has 0 fully saturated rings. The van der Waals surface area contributed by atoms with E-state index in [1.165, 1.54) is 5.56 Å². The molecule has 0 aliphatic rings. The van der Waals surface area contributed by atoms with Gasteiger partial charge in [0.25, 0.3) is 0 Å². The fourth-order valence-electron chi connectivity index (χ4n) is 2.37. The molecular formula is C19H23NO2. The summed E-state index contributed by atoms with van der Waals surface area (Å²) in [7, 11) is 0. The van der Waals surface area contributed by atoms with Crippen LogP contribution in [-0.4, -0.2) is 12.5 Å². The van der Waals surface area contributed by atoms with Crippen LogP contribution in [0.15, 0.2) is 48.5 Å². The molecule has 0 aliphatic heterocycles. The number of hydrogen-bond acceptors (Lipinski definition) is 2. The van der Waals surface area contributed by atoms with E-state index >= 15 is 0 Å². The zero-order chi connectivity index (χ0) is 15.8. The molecule has 1 N–H and O–H groups in total. The second kappa shape index (κ2) is 8.23. The van der Waals surface area contributed by atoms with Crippen LogP contribution in [0.3, 0.4) is 0 Å². The summed E-state index contributed by atoms with van der Waals surface area (Å²) in [6.45, 7) is 5.23. The first kappa shape index (κ1) is 16.1. The molecule has 2 aromatic carbocycles. The highest BCUT2D eigenvalue weighted by atomic mass is 16.5. The van der Waals surface area contributed by atoms with Crippen LogP contribution in [0.25, 0.3) is 0 Å². The third-order valence-corrected chi connectivity index (χ3v) is 3.47. The van der Waals surface area contributed by atoms with Crippen LogP contribution in [0.2, 0.25) is 0 Å². The van der Waals surface area contributed by atoms with Gasteiger partial charge in [-0.25, -0.2) is 0 Å². The molecule has 0 radical (unpaired) electrons. The predicted octanol–water partition coefficient (Wildman–Crippen LogP) is 3.64. The lowest BCUT2D eigenvalue weighted by molar-refractivity contribution is -0.121. The quantitative estimate of drug-likeness (QED) is 0.847. The summed E-state index contributed by atoms with van der Waals surface area (Å²) in [4.78, 5) is 12.0. The van der Waals surface area contributed by atoms with Crippen molar-refractivity contribution < 1.29 is 9.53 Å². The van der Waals surface area contributed by atoms with Crippen LogP contribution in [0.5, 0.6) is 5.75 Å². The Kier molecular flexibility index (Phi) is 6.01. The molecule has 0 saturated carbocycles. The average molecular weight is 297 g/mol. The minimum Gasteiger partial charge on any atom is -0.494 e. The second-order valence-corrected chi connectivity index (χ2v) is 5.31. The minimum atomic E-state index is 0.0628. The lowest BCUT2D eigenvalue weighted by atomic mass is 10.1. The zero-order valence-corrected chi connectivity index (χ0v) is 13.3. The van der Waals surface area contributed by atoms with Gasteiger partial charge >= 0.3 is 0 Å². The molecule has 2 aromatic rings. The minimum absolute atomic E-state index is 0.0628. The largest absolute Gasteiger partial charge is 0.494 e. The van der Waals surface area contributed by atoms with Crippen molar-refractivity contribution >= 4 is 5.91 Å². The maximum atomic E-state index is 12.0. The van der Waals surface area contributed by atoms with E-state index in [0.717, 1.165) is 16.9 Å². The van der Waals surface area contributed by atoms with Crippen molar-refractivity contribution in [3.63, 3.8) is 0 Å². The lowest BCUT2D eigenvalue weighted by Crippen LogP contribution is -2.23. The first-order valence-corrected chi connectivity index (χ1v) is 7.72. The van der Waals surface area contributed by atoms with Gasteiger partial charge in [-0.05, 0) is 37.5 Å². The van der Waals surface area contributed by atoms with Crippen LogP contribution < -0.4 is 10.1 Å². The van der Waals surface area contributed by atoms with E-state index in [4.69, 9.17) is 4.74 Å². The Balaban J connectivity index is 1.83. The summed E-state index contributed by atoms with van der Waals surface area (Å²) in [6.07, 6.45) is 1.16. The Hall–Kier alpha value is -2.29. The molecule has 0 aromatic heterocycles. The van der Waals surface area contributed by atoms with E-state index in [2.05, 4.69) is 24.4 Å². The number of para-hydroxylation sites is 1. The number of benzene rings is 2. The van der Waals surface area contributed by atoms with Gasteiger partial charge < -0.3 is 10.1 Å². The smallest absolute Gasteiger partial charge is 0.220 e. The Morgan fingerprint density at radius 3 is 2.73 bits per heavy atom. The number of carbonyl (C=O) groups is 1. The van der Waals surface area contributed by atoms with Gasteiger partial charge in [0.05, 0.1) is 6.61 Å². The van der Waals surface area contributed by atoms with E-state index in [1.54, 1.807) is 0 Å². The molecule has 0 saturated heterocycles. The van der Waals surface area contributed by atoms with Gasteiger partial charge in [-0.2, -0.15) is 0 Å². The fourth-order valence-corrected chi connectivity index (χ4v) is 2.37. The zero-order valence-electron chi connectivity index (χ0n) is 13.3. The number of ether oxygens (including phenoxy) is 1. The average Bonchev–Trinajstić information content (AvgIpc) is 2.52. The van der Waals surface area contributed by atoms with Crippen molar-refractivity contribution in [1.82, 2.24) is 5.32 Å². The van der Waals surface area contributed by atoms with Crippen molar-refractivity contribution in [3.05, 3.63) is 65.2 Å². The van der Waals surface area contributed by atoms with Crippen molar-refractivity contribution in [1.29, 1.82) is 0 Å². The SMILES string of the molecule is CCOc1ccccc1CCC(=O)NCc1cccc(C)c1. The number of amides is 1. The highest BCUT2D eigenvalue weighted by Gasteiger charge is 2.06. The third kappa shape index (κ3) is 4.92. The molecule has 116 valence electrons. The standard InChI is InChI=1S/C19H23NO2/c1-3-22-18-10-5-4-9-17(18)11-12-19(21)20-14-16-8-6-7-15(2)13-16/h4-10,13H,3,11-12,14H2,1-2H3,(H,20,21). The first-order valence-electron chi connectivity index (χ1n) is 7.72. The van der Waals surface area contributed by atoms with Gasteiger partial charge in [-0.3, -0.25) is 4.79 Å². The monoisotopic (exact) mass is 297 g/mol. The normalized spacial score (nSPS) is 10.3. The van der Waals surface area contributed by atoms with Crippen LogP contribution in [-0.2, 0) is 17.8 Å². The van der Waals surface area contributed by atoms with Crippen LogP contribution in [0.1, 0.15) is 30.0 Å². The summed E-state index contributed by atoms with van der Waals surface area (Å²) in [5.74, 6) is 0.935. The van der Waals surface area contributed by atoms with Gasteiger partial charge in [0.2, 0.25) is 5.91 Å². The molecule has 0 atom stereocenters. The van der Waals surface area contributed by atoms with E-state index < -0.39 is 0 Å². The van der Waals surface area contributed by atoms with Gasteiger partial charge in [0, 0.05) is 13.0 Å². The van der Waals surface area contributed by atoms with Crippen molar-refractivity contribution in [2.45, 2.75) is 33.2 Å². The van der Waals surface area contributed by atoms with Crippen LogP contribution in [0.4, 0.5) is 0 Å². The number of carbonyl (C=O) groups excluding carboxylic acids is 1. The second-order valence-electron chi connectivity index (χ2n) is 5.31. The molecule has 0 aliphatic carbocycles. The molecule has 2 rings (SSSR count). The summed E-state index contributed by atoms with van der Waals surface area (Å²) in [5.41, 5.74) is 3.41.